The number of hydrogen-bond acceptors (Lipinski definition) is 1. The fourth-order valence-corrected chi connectivity index (χ4v) is 0.623. The summed E-state index contributed by atoms with van der Waals surface area (Å²) in [6.07, 6.45) is 9.28. The molecule has 0 rings (SSSR count). The second-order valence-electron chi connectivity index (χ2n) is 2.50. The summed E-state index contributed by atoms with van der Waals surface area (Å²) in [5, 5.41) is 0. The summed E-state index contributed by atoms with van der Waals surface area (Å²) in [5.41, 5.74) is 0. The van der Waals surface area contributed by atoms with Gasteiger partial charge in [0.2, 0.25) is 0 Å². The number of hydrogen-bond donors (Lipinski definition) is 0. The largest absolute Gasteiger partial charge is 0.447 e. The molecule has 0 bridgehead atoms. The number of terminal acetylenes is 1. The van der Waals surface area contributed by atoms with Gasteiger partial charge in [-0.05, 0) is 18.8 Å². The van der Waals surface area contributed by atoms with Crippen molar-refractivity contribution in [2.75, 3.05) is 6.61 Å². The monoisotopic (exact) mass is 126 g/mol. The molecule has 0 aromatic rings. The molecule has 0 atom stereocenters. The predicted molar refractivity (Wildman–Crippen MR) is 38.9 cm³/mol. The molecular formula is C8H14O. The van der Waals surface area contributed by atoms with E-state index in [9.17, 15) is 0 Å². The van der Waals surface area contributed by atoms with Crippen molar-refractivity contribution in [2.45, 2.75) is 26.7 Å². The van der Waals surface area contributed by atoms with E-state index >= 15 is 0 Å². The summed E-state index contributed by atoms with van der Waals surface area (Å²) in [5.74, 6) is 0.756. The van der Waals surface area contributed by atoms with Crippen LogP contribution in [0.3, 0.4) is 0 Å². The highest BCUT2D eigenvalue weighted by Gasteiger charge is 1.91. The molecule has 0 spiro atoms. The molecule has 9 heavy (non-hydrogen) atoms. The SMILES string of the molecule is C#COCCCC(C)C. The van der Waals surface area contributed by atoms with Crippen molar-refractivity contribution >= 4 is 0 Å². The lowest BCUT2D eigenvalue weighted by Gasteiger charge is -2.01. The van der Waals surface area contributed by atoms with Crippen molar-refractivity contribution in [2.24, 2.45) is 5.92 Å². The lowest BCUT2D eigenvalue weighted by atomic mass is 10.1. The summed E-state index contributed by atoms with van der Waals surface area (Å²) in [7, 11) is 0. The Morgan fingerprint density at radius 2 is 2.22 bits per heavy atom. The average Bonchev–Trinajstić information content (AvgIpc) is 1.80. The molecule has 0 radical (unpaired) electrons. The van der Waals surface area contributed by atoms with Gasteiger partial charge in [-0.2, -0.15) is 0 Å². The van der Waals surface area contributed by atoms with E-state index in [0.717, 1.165) is 12.3 Å². The van der Waals surface area contributed by atoms with Crippen molar-refractivity contribution in [3.8, 4) is 12.5 Å². The van der Waals surface area contributed by atoms with Gasteiger partial charge in [-0.15, -0.1) is 0 Å². The molecule has 1 nitrogen and oxygen atoms in total. The molecule has 0 N–H and O–H groups in total. The van der Waals surface area contributed by atoms with Gasteiger partial charge in [0.05, 0.1) is 0 Å². The summed E-state index contributed by atoms with van der Waals surface area (Å²) >= 11 is 0. The second kappa shape index (κ2) is 5.50. The van der Waals surface area contributed by atoms with Gasteiger partial charge in [0.15, 0.2) is 0 Å². The molecule has 0 heterocycles. The molecule has 0 saturated carbocycles. The van der Waals surface area contributed by atoms with E-state index in [4.69, 9.17) is 11.2 Å². The van der Waals surface area contributed by atoms with Crippen LogP contribution in [0, 0.1) is 18.4 Å². The van der Waals surface area contributed by atoms with Gasteiger partial charge in [0, 0.05) is 0 Å². The fraction of sp³-hybridized carbons (Fsp3) is 0.750. The maximum absolute atomic E-state index is 4.87. The van der Waals surface area contributed by atoms with Crippen LogP contribution in [0.25, 0.3) is 0 Å². The standard InChI is InChI=1S/C8H14O/c1-4-9-7-5-6-8(2)3/h1,8H,5-7H2,2-3H3. The molecule has 0 aliphatic carbocycles. The highest BCUT2D eigenvalue weighted by Crippen LogP contribution is 2.02. The molecule has 0 unspecified atom stereocenters. The highest BCUT2D eigenvalue weighted by molar-refractivity contribution is 4.68. The minimum absolute atomic E-state index is 0.703. The van der Waals surface area contributed by atoms with E-state index in [2.05, 4.69) is 20.0 Å². The van der Waals surface area contributed by atoms with Crippen LogP contribution in [0.2, 0.25) is 0 Å². The Morgan fingerprint density at radius 1 is 1.56 bits per heavy atom. The third-order valence-electron chi connectivity index (χ3n) is 1.11. The van der Waals surface area contributed by atoms with Gasteiger partial charge in [-0.25, -0.2) is 0 Å². The van der Waals surface area contributed by atoms with Crippen LogP contribution >= 0.6 is 0 Å². The molecule has 0 aliphatic rings. The fourth-order valence-electron chi connectivity index (χ4n) is 0.623. The lowest BCUT2D eigenvalue weighted by molar-refractivity contribution is 0.262. The third kappa shape index (κ3) is 7.36. The average molecular weight is 126 g/mol. The van der Waals surface area contributed by atoms with Crippen molar-refractivity contribution in [1.29, 1.82) is 0 Å². The Kier molecular flexibility index (Phi) is 5.11. The van der Waals surface area contributed by atoms with E-state index in [0.29, 0.717) is 6.61 Å². The Bertz CT molecular complexity index is 89.2. The molecule has 0 aromatic heterocycles. The molecular weight excluding hydrogens is 112 g/mol. The van der Waals surface area contributed by atoms with Crippen LogP contribution in [-0.2, 0) is 4.74 Å². The first-order chi connectivity index (χ1) is 4.27. The van der Waals surface area contributed by atoms with E-state index in [1.54, 1.807) is 0 Å². The highest BCUT2D eigenvalue weighted by atomic mass is 16.5. The third-order valence-corrected chi connectivity index (χ3v) is 1.11. The van der Waals surface area contributed by atoms with Gasteiger partial charge >= 0.3 is 0 Å². The zero-order valence-corrected chi connectivity index (χ0v) is 6.18. The first-order valence-electron chi connectivity index (χ1n) is 3.34. The number of ether oxygens (including phenoxy) is 1. The van der Waals surface area contributed by atoms with Crippen molar-refractivity contribution < 1.29 is 4.74 Å². The Balaban J connectivity index is 2.85. The molecule has 1 heteroatoms. The maximum atomic E-state index is 4.87. The first kappa shape index (κ1) is 8.36. The maximum Gasteiger partial charge on any atom is 0.106 e. The summed E-state index contributed by atoms with van der Waals surface area (Å²) in [6.45, 7) is 5.08. The molecule has 0 amide bonds. The molecule has 0 aromatic carbocycles. The second-order valence-corrected chi connectivity index (χ2v) is 2.50. The first-order valence-corrected chi connectivity index (χ1v) is 3.34. The molecule has 52 valence electrons. The van der Waals surface area contributed by atoms with Crippen LogP contribution in [-0.4, -0.2) is 6.61 Å². The normalized spacial score (nSPS) is 9.11. The number of rotatable bonds is 4. The topological polar surface area (TPSA) is 9.23 Å². The van der Waals surface area contributed by atoms with Crippen LogP contribution < -0.4 is 0 Å². The van der Waals surface area contributed by atoms with E-state index in [1.165, 1.54) is 6.42 Å². The van der Waals surface area contributed by atoms with E-state index in [-0.39, 0.29) is 0 Å². The van der Waals surface area contributed by atoms with Gasteiger partial charge in [-0.1, -0.05) is 20.3 Å². The Morgan fingerprint density at radius 3 is 2.67 bits per heavy atom. The van der Waals surface area contributed by atoms with Crippen LogP contribution in [0.15, 0.2) is 0 Å². The summed E-state index contributed by atoms with van der Waals surface area (Å²) < 4.78 is 4.71. The van der Waals surface area contributed by atoms with Gasteiger partial charge in [0.25, 0.3) is 0 Å². The van der Waals surface area contributed by atoms with Crippen molar-refractivity contribution in [3.05, 3.63) is 0 Å². The van der Waals surface area contributed by atoms with Crippen molar-refractivity contribution in [1.82, 2.24) is 0 Å². The van der Waals surface area contributed by atoms with Crippen LogP contribution in [0.4, 0.5) is 0 Å². The van der Waals surface area contributed by atoms with E-state index in [1.807, 2.05) is 0 Å². The van der Waals surface area contributed by atoms with E-state index < -0.39 is 0 Å². The summed E-state index contributed by atoms with van der Waals surface area (Å²) in [6, 6.07) is 0. The smallest absolute Gasteiger partial charge is 0.106 e. The Hall–Kier alpha value is -0.640. The van der Waals surface area contributed by atoms with Crippen LogP contribution in [0.5, 0.6) is 0 Å². The zero-order valence-electron chi connectivity index (χ0n) is 6.18. The van der Waals surface area contributed by atoms with Crippen LogP contribution in [0.1, 0.15) is 26.7 Å². The minimum atomic E-state index is 0.703. The molecule has 0 fully saturated rings. The minimum Gasteiger partial charge on any atom is -0.447 e. The van der Waals surface area contributed by atoms with Gasteiger partial charge in [-0.3, -0.25) is 0 Å². The summed E-state index contributed by atoms with van der Waals surface area (Å²) in [4.78, 5) is 0. The lowest BCUT2D eigenvalue weighted by Crippen LogP contribution is -1.92. The predicted octanol–water partition coefficient (Wildman–Crippen LogP) is 2.03. The Labute approximate surface area is 57.4 Å². The molecule has 0 aliphatic heterocycles. The molecule has 0 saturated heterocycles. The van der Waals surface area contributed by atoms with Crippen molar-refractivity contribution in [3.63, 3.8) is 0 Å². The van der Waals surface area contributed by atoms with Gasteiger partial charge in [0.1, 0.15) is 12.7 Å². The quantitative estimate of drug-likeness (QED) is 0.413. The zero-order chi connectivity index (χ0) is 7.11. The van der Waals surface area contributed by atoms with Gasteiger partial charge < -0.3 is 4.74 Å².